The maximum Gasteiger partial charge on any atom is 0.291 e. The molecule has 0 spiro atoms. The Hall–Kier alpha value is -2.81. The fourth-order valence-electron chi connectivity index (χ4n) is 3.14. The number of nitrogens with zero attached hydrogens (tertiary/aromatic N) is 3. The van der Waals surface area contributed by atoms with E-state index < -0.39 is 17.5 Å². The third-order valence-electron chi connectivity index (χ3n) is 4.56. The number of carbonyl (C=O) groups excluding carboxylic acids is 2. The van der Waals surface area contributed by atoms with Crippen molar-refractivity contribution in [1.82, 2.24) is 19.8 Å². The van der Waals surface area contributed by atoms with Gasteiger partial charge in [0.1, 0.15) is 17.3 Å². The molecule has 0 saturated heterocycles. The first kappa shape index (κ1) is 19.9. The molecule has 0 saturated carbocycles. The van der Waals surface area contributed by atoms with Crippen LogP contribution in [0.3, 0.4) is 0 Å². The van der Waals surface area contributed by atoms with Gasteiger partial charge in [0.05, 0.1) is 11.4 Å². The molecule has 0 bridgehead atoms. The zero-order valence-electron chi connectivity index (χ0n) is 15.9. The highest BCUT2D eigenvalue weighted by Gasteiger charge is 2.27. The number of imidazole rings is 1. The fraction of sp³-hybridized carbons (Fsp3) is 0.421. The normalized spacial score (nSPS) is 13.3. The number of halogens is 2. The van der Waals surface area contributed by atoms with E-state index in [1.54, 1.807) is 4.57 Å². The first-order valence-corrected chi connectivity index (χ1v) is 9.15. The molecule has 1 aliphatic rings. The summed E-state index contributed by atoms with van der Waals surface area (Å²) in [5, 5.41) is 5.22. The highest BCUT2D eigenvalue weighted by molar-refractivity contribution is 6.03. The van der Waals surface area contributed by atoms with Gasteiger partial charge in [-0.25, -0.2) is 13.8 Å². The Labute approximate surface area is 161 Å². The van der Waals surface area contributed by atoms with Crippen LogP contribution in [0.15, 0.2) is 18.2 Å². The lowest BCUT2D eigenvalue weighted by molar-refractivity contribution is 0.0945. The van der Waals surface area contributed by atoms with Crippen molar-refractivity contribution in [3.05, 3.63) is 47.0 Å². The van der Waals surface area contributed by atoms with Gasteiger partial charge in [0, 0.05) is 25.7 Å². The van der Waals surface area contributed by atoms with Crippen molar-refractivity contribution in [2.75, 3.05) is 32.5 Å². The summed E-state index contributed by atoms with van der Waals surface area (Å²) in [5.41, 5.74) is 0.790. The van der Waals surface area contributed by atoms with Gasteiger partial charge in [-0.3, -0.25) is 9.59 Å². The molecular formula is C19H23F2N5O2. The van der Waals surface area contributed by atoms with Crippen LogP contribution in [-0.4, -0.2) is 53.5 Å². The smallest absolute Gasteiger partial charge is 0.291 e. The second-order valence-electron chi connectivity index (χ2n) is 6.98. The van der Waals surface area contributed by atoms with Gasteiger partial charge in [-0.1, -0.05) is 0 Å². The van der Waals surface area contributed by atoms with Gasteiger partial charge in [0.2, 0.25) is 0 Å². The van der Waals surface area contributed by atoms with E-state index in [-0.39, 0.29) is 23.1 Å². The van der Waals surface area contributed by atoms with Crippen LogP contribution in [-0.2, 0) is 13.0 Å². The Balaban J connectivity index is 1.83. The zero-order chi connectivity index (χ0) is 20.3. The summed E-state index contributed by atoms with van der Waals surface area (Å²) in [5.74, 6) is -2.53. The summed E-state index contributed by atoms with van der Waals surface area (Å²) < 4.78 is 28.6. The number of rotatable bonds is 6. The van der Waals surface area contributed by atoms with Gasteiger partial charge in [-0.2, -0.15) is 0 Å². The van der Waals surface area contributed by atoms with E-state index in [0.717, 1.165) is 25.0 Å². The third-order valence-corrected chi connectivity index (χ3v) is 4.56. The van der Waals surface area contributed by atoms with Crippen LogP contribution in [0.2, 0.25) is 0 Å². The maximum absolute atomic E-state index is 13.9. The molecular weight excluding hydrogens is 368 g/mol. The Morgan fingerprint density at radius 3 is 2.71 bits per heavy atom. The molecule has 1 aromatic heterocycles. The first-order valence-electron chi connectivity index (χ1n) is 9.15. The number of carbonyl (C=O) groups is 2. The Kier molecular flexibility index (Phi) is 6.03. The third kappa shape index (κ3) is 4.36. The van der Waals surface area contributed by atoms with Crippen LogP contribution in [0.25, 0.3) is 0 Å². The molecule has 1 aromatic carbocycles. The number of fused-ring (bicyclic) bond motifs is 1. The Morgan fingerprint density at radius 1 is 1.21 bits per heavy atom. The predicted molar refractivity (Wildman–Crippen MR) is 100 cm³/mol. The highest BCUT2D eigenvalue weighted by atomic mass is 19.1. The molecule has 9 heteroatoms. The van der Waals surface area contributed by atoms with E-state index in [1.165, 1.54) is 0 Å². The fourth-order valence-corrected chi connectivity index (χ4v) is 3.14. The van der Waals surface area contributed by atoms with E-state index in [0.29, 0.717) is 37.8 Å². The van der Waals surface area contributed by atoms with Crippen molar-refractivity contribution in [2.45, 2.75) is 25.8 Å². The number of likely N-dealkylation sites (N-methyl/N-ethyl adjacent to an activating group) is 1. The van der Waals surface area contributed by atoms with Gasteiger partial charge in [0.15, 0.2) is 5.82 Å². The molecule has 0 radical (unpaired) electrons. The van der Waals surface area contributed by atoms with Crippen molar-refractivity contribution in [1.29, 1.82) is 0 Å². The lowest BCUT2D eigenvalue weighted by atomic mass is 10.1. The molecule has 1 aliphatic heterocycles. The number of anilines is 1. The van der Waals surface area contributed by atoms with E-state index in [1.807, 2.05) is 19.0 Å². The molecule has 0 fully saturated rings. The number of nitrogens with one attached hydrogen (secondary N) is 2. The summed E-state index contributed by atoms with van der Waals surface area (Å²) in [6, 6.07) is 2.90. The van der Waals surface area contributed by atoms with Crippen molar-refractivity contribution in [2.24, 2.45) is 0 Å². The summed E-state index contributed by atoms with van der Waals surface area (Å²) in [7, 11) is 3.81. The van der Waals surface area contributed by atoms with Crippen LogP contribution < -0.4 is 10.6 Å². The minimum absolute atomic E-state index is 0.0520. The Bertz CT molecular complexity index is 895. The first-order chi connectivity index (χ1) is 13.4. The van der Waals surface area contributed by atoms with Gasteiger partial charge in [-0.05, 0) is 45.5 Å². The maximum atomic E-state index is 13.9. The average Bonchev–Trinajstić information content (AvgIpc) is 3.03. The SMILES string of the molecule is CN(C)CCNC(=O)c1nc(C(=O)Nc2ccc(F)cc2F)n2c1CCCC2. The summed E-state index contributed by atoms with van der Waals surface area (Å²) in [4.78, 5) is 31.4. The summed E-state index contributed by atoms with van der Waals surface area (Å²) in [6.45, 7) is 1.70. The van der Waals surface area contributed by atoms with Crippen LogP contribution in [0.5, 0.6) is 0 Å². The topological polar surface area (TPSA) is 79.3 Å². The summed E-state index contributed by atoms with van der Waals surface area (Å²) in [6.07, 6.45) is 2.40. The van der Waals surface area contributed by atoms with E-state index >= 15 is 0 Å². The van der Waals surface area contributed by atoms with Crippen molar-refractivity contribution in [3.63, 3.8) is 0 Å². The van der Waals surface area contributed by atoms with Crippen LogP contribution in [0.1, 0.15) is 39.6 Å². The molecule has 28 heavy (non-hydrogen) atoms. The molecule has 2 heterocycles. The zero-order valence-corrected chi connectivity index (χ0v) is 15.9. The monoisotopic (exact) mass is 391 g/mol. The number of amides is 2. The molecule has 0 aliphatic carbocycles. The van der Waals surface area contributed by atoms with E-state index in [4.69, 9.17) is 0 Å². The van der Waals surface area contributed by atoms with Crippen molar-refractivity contribution >= 4 is 17.5 Å². The molecule has 2 aromatic rings. The molecule has 3 rings (SSSR count). The summed E-state index contributed by atoms with van der Waals surface area (Å²) >= 11 is 0. The average molecular weight is 391 g/mol. The van der Waals surface area contributed by atoms with E-state index in [2.05, 4.69) is 15.6 Å². The molecule has 0 atom stereocenters. The minimum Gasteiger partial charge on any atom is -0.349 e. The Morgan fingerprint density at radius 2 is 2.00 bits per heavy atom. The van der Waals surface area contributed by atoms with Gasteiger partial charge in [0.25, 0.3) is 11.8 Å². The number of aromatic nitrogens is 2. The van der Waals surface area contributed by atoms with Gasteiger partial charge in [-0.15, -0.1) is 0 Å². The van der Waals surface area contributed by atoms with E-state index in [9.17, 15) is 18.4 Å². The standard InChI is InChI=1S/C19H23F2N5O2/c1-25(2)10-8-22-18(27)16-15-5-3-4-9-26(15)17(24-16)19(28)23-14-7-6-12(20)11-13(14)21/h6-7,11H,3-5,8-10H2,1-2H3,(H,22,27)(H,23,28). The van der Waals surface area contributed by atoms with Gasteiger partial charge >= 0.3 is 0 Å². The van der Waals surface area contributed by atoms with Gasteiger partial charge < -0.3 is 20.1 Å². The minimum atomic E-state index is -0.875. The van der Waals surface area contributed by atoms with Crippen LogP contribution in [0, 0.1) is 11.6 Å². The number of hydrogen-bond acceptors (Lipinski definition) is 4. The second-order valence-corrected chi connectivity index (χ2v) is 6.98. The molecule has 150 valence electrons. The van der Waals surface area contributed by atoms with Crippen molar-refractivity contribution < 1.29 is 18.4 Å². The molecule has 7 nitrogen and oxygen atoms in total. The number of hydrogen-bond donors (Lipinski definition) is 2. The quantitative estimate of drug-likeness (QED) is 0.790. The molecule has 2 amide bonds. The molecule has 2 N–H and O–H groups in total. The second kappa shape index (κ2) is 8.47. The molecule has 0 unspecified atom stereocenters. The highest BCUT2D eigenvalue weighted by Crippen LogP contribution is 2.22. The largest absolute Gasteiger partial charge is 0.349 e. The van der Waals surface area contributed by atoms with Crippen LogP contribution >= 0.6 is 0 Å². The predicted octanol–water partition coefficient (Wildman–Crippen LogP) is 2.04. The lowest BCUT2D eigenvalue weighted by Crippen LogP contribution is -2.32. The van der Waals surface area contributed by atoms with Crippen LogP contribution in [0.4, 0.5) is 14.5 Å². The lowest BCUT2D eigenvalue weighted by Gasteiger charge is -2.17. The number of benzene rings is 1. The van der Waals surface area contributed by atoms with Crippen molar-refractivity contribution in [3.8, 4) is 0 Å².